The van der Waals surface area contributed by atoms with Crippen molar-refractivity contribution >= 4 is 46.7 Å². The number of pyridine rings is 1. The van der Waals surface area contributed by atoms with Crippen molar-refractivity contribution in [3.63, 3.8) is 0 Å². The third-order valence-electron chi connectivity index (χ3n) is 2.16. The quantitative estimate of drug-likeness (QED) is 0.690. The summed E-state index contributed by atoms with van der Waals surface area (Å²) < 4.78 is 4.92. The van der Waals surface area contributed by atoms with Gasteiger partial charge in [0.05, 0.1) is 17.7 Å². The number of nitrogens with one attached hydrogen (secondary N) is 1. The third kappa shape index (κ3) is 3.47. The van der Waals surface area contributed by atoms with Crippen LogP contribution in [0, 0.1) is 0 Å². The van der Waals surface area contributed by atoms with Gasteiger partial charge in [-0.1, -0.05) is 34.8 Å². The molecular weight excluding hydrogens is 327 g/mol. The van der Waals surface area contributed by atoms with Gasteiger partial charge in [-0.05, 0) is 6.07 Å². The molecule has 0 aliphatic heterocycles. The molecule has 0 aliphatic carbocycles. The van der Waals surface area contributed by atoms with Crippen LogP contribution in [0.15, 0.2) is 18.3 Å². The van der Waals surface area contributed by atoms with Crippen molar-refractivity contribution in [1.82, 2.24) is 15.0 Å². The number of hydrogen-bond acceptors (Lipinski definition) is 5. The van der Waals surface area contributed by atoms with Gasteiger partial charge >= 0.3 is 0 Å². The first-order chi connectivity index (χ1) is 9.49. The number of carbonyl (C=O) groups is 1. The van der Waals surface area contributed by atoms with Crippen LogP contribution in [-0.2, 0) is 0 Å². The highest BCUT2D eigenvalue weighted by Gasteiger charge is 2.12. The molecule has 104 valence electrons. The van der Waals surface area contributed by atoms with Crippen LogP contribution in [0.25, 0.3) is 0 Å². The topological polar surface area (TPSA) is 77.0 Å². The number of methoxy groups -OCH3 is 1. The molecule has 2 aromatic heterocycles. The van der Waals surface area contributed by atoms with E-state index in [0.717, 1.165) is 0 Å². The van der Waals surface area contributed by atoms with Gasteiger partial charge in [-0.2, -0.15) is 4.98 Å². The molecule has 2 rings (SSSR count). The Morgan fingerprint density at radius 1 is 1.25 bits per heavy atom. The third-order valence-corrected chi connectivity index (χ3v) is 3.04. The second-order valence-corrected chi connectivity index (χ2v) is 4.66. The van der Waals surface area contributed by atoms with E-state index in [-0.39, 0.29) is 32.7 Å². The number of amides is 1. The summed E-state index contributed by atoms with van der Waals surface area (Å²) in [6.45, 7) is 0. The molecule has 1 N–H and O–H groups in total. The average molecular weight is 334 g/mol. The van der Waals surface area contributed by atoms with Crippen molar-refractivity contribution in [2.75, 3.05) is 12.4 Å². The first kappa shape index (κ1) is 14.8. The Balaban J connectivity index is 2.23. The van der Waals surface area contributed by atoms with Crippen LogP contribution in [0.5, 0.6) is 5.88 Å². The van der Waals surface area contributed by atoms with Crippen LogP contribution in [0.2, 0.25) is 15.3 Å². The summed E-state index contributed by atoms with van der Waals surface area (Å²) in [5, 5.41) is 2.88. The SMILES string of the molecule is COc1cc(Cl)nc(NC(=O)c2cnc(Cl)c(Cl)c2)n1. The summed E-state index contributed by atoms with van der Waals surface area (Å²) in [7, 11) is 1.42. The zero-order chi connectivity index (χ0) is 14.7. The van der Waals surface area contributed by atoms with E-state index in [9.17, 15) is 4.79 Å². The van der Waals surface area contributed by atoms with Gasteiger partial charge in [-0.3, -0.25) is 10.1 Å². The van der Waals surface area contributed by atoms with Crippen molar-refractivity contribution in [3.8, 4) is 5.88 Å². The van der Waals surface area contributed by atoms with E-state index < -0.39 is 5.91 Å². The molecule has 0 saturated carbocycles. The molecule has 6 nitrogen and oxygen atoms in total. The highest BCUT2D eigenvalue weighted by Crippen LogP contribution is 2.21. The van der Waals surface area contributed by atoms with Crippen molar-refractivity contribution in [1.29, 1.82) is 0 Å². The molecule has 0 aromatic carbocycles. The van der Waals surface area contributed by atoms with Crippen molar-refractivity contribution in [3.05, 3.63) is 39.2 Å². The number of nitrogens with zero attached hydrogens (tertiary/aromatic N) is 3. The lowest BCUT2D eigenvalue weighted by atomic mass is 10.3. The zero-order valence-electron chi connectivity index (χ0n) is 10.0. The van der Waals surface area contributed by atoms with E-state index >= 15 is 0 Å². The van der Waals surface area contributed by atoms with Crippen LogP contribution >= 0.6 is 34.8 Å². The summed E-state index contributed by atoms with van der Waals surface area (Å²) in [6, 6.07) is 2.80. The Kier molecular flexibility index (Phi) is 4.59. The first-order valence-corrected chi connectivity index (χ1v) is 6.34. The predicted molar refractivity (Wildman–Crippen MR) is 75.8 cm³/mol. The Bertz CT molecular complexity index is 666. The van der Waals surface area contributed by atoms with Crippen LogP contribution in [-0.4, -0.2) is 28.0 Å². The highest BCUT2D eigenvalue weighted by atomic mass is 35.5. The molecule has 0 radical (unpaired) electrons. The number of aromatic nitrogens is 3. The fourth-order valence-electron chi connectivity index (χ4n) is 1.28. The van der Waals surface area contributed by atoms with Gasteiger partial charge in [0, 0.05) is 12.3 Å². The van der Waals surface area contributed by atoms with Crippen LogP contribution in [0.1, 0.15) is 10.4 Å². The number of rotatable bonds is 3. The Morgan fingerprint density at radius 2 is 2.00 bits per heavy atom. The van der Waals surface area contributed by atoms with Gasteiger partial charge in [0.25, 0.3) is 5.91 Å². The highest BCUT2D eigenvalue weighted by molar-refractivity contribution is 6.41. The molecule has 0 bridgehead atoms. The summed E-state index contributed by atoms with van der Waals surface area (Å²) in [4.78, 5) is 23.5. The minimum absolute atomic E-state index is 0.00502. The molecule has 0 spiro atoms. The summed E-state index contributed by atoms with van der Waals surface area (Å²) >= 11 is 17.2. The largest absolute Gasteiger partial charge is 0.481 e. The smallest absolute Gasteiger partial charge is 0.259 e. The second-order valence-electron chi connectivity index (χ2n) is 3.51. The van der Waals surface area contributed by atoms with E-state index in [1.165, 1.54) is 25.4 Å². The number of anilines is 1. The zero-order valence-corrected chi connectivity index (χ0v) is 12.3. The molecule has 9 heteroatoms. The second kappa shape index (κ2) is 6.21. The molecule has 0 atom stereocenters. The maximum Gasteiger partial charge on any atom is 0.259 e. The van der Waals surface area contributed by atoms with E-state index in [1.54, 1.807) is 0 Å². The molecule has 0 unspecified atom stereocenters. The summed E-state index contributed by atoms with van der Waals surface area (Å²) in [5.74, 6) is -0.265. The maximum atomic E-state index is 12.0. The molecule has 20 heavy (non-hydrogen) atoms. The molecule has 0 fully saturated rings. The van der Waals surface area contributed by atoms with E-state index in [0.29, 0.717) is 0 Å². The van der Waals surface area contributed by atoms with Crippen LogP contribution in [0.4, 0.5) is 5.95 Å². The van der Waals surface area contributed by atoms with Crippen molar-refractivity contribution in [2.45, 2.75) is 0 Å². The Morgan fingerprint density at radius 3 is 2.65 bits per heavy atom. The number of ether oxygens (including phenoxy) is 1. The lowest BCUT2D eigenvalue weighted by Gasteiger charge is -2.06. The minimum atomic E-state index is -0.500. The van der Waals surface area contributed by atoms with Crippen molar-refractivity contribution < 1.29 is 9.53 Å². The fourth-order valence-corrected chi connectivity index (χ4v) is 1.72. The molecule has 2 heterocycles. The molecule has 1 amide bonds. The van der Waals surface area contributed by atoms with E-state index in [4.69, 9.17) is 39.5 Å². The minimum Gasteiger partial charge on any atom is -0.481 e. The van der Waals surface area contributed by atoms with Gasteiger partial charge in [-0.25, -0.2) is 9.97 Å². The standard InChI is InChI=1S/C11H7Cl3N4O2/c1-20-8-3-7(13)16-11(17-8)18-10(19)5-2-6(12)9(14)15-4-5/h2-4H,1H3,(H,16,17,18,19). The maximum absolute atomic E-state index is 12.0. The average Bonchev–Trinajstić information content (AvgIpc) is 2.41. The Labute approximate surface area is 129 Å². The van der Waals surface area contributed by atoms with Gasteiger partial charge < -0.3 is 4.74 Å². The lowest BCUT2D eigenvalue weighted by molar-refractivity contribution is 0.102. The van der Waals surface area contributed by atoms with E-state index in [2.05, 4.69) is 20.3 Å². The number of hydrogen-bond donors (Lipinski definition) is 1. The first-order valence-electron chi connectivity index (χ1n) is 5.20. The summed E-state index contributed by atoms with van der Waals surface area (Å²) in [6.07, 6.45) is 1.28. The normalized spacial score (nSPS) is 10.2. The Hall–Kier alpha value is -1.63. The number of carbonyl (C=O) groups excluding carboxylic acids is 1. The van der Waals surface area contributed by atoms with Gasteiger partial charge in [0.1, 0.15) is 10.3 Å². The summed E-state index contributed by atoms with van der Waals surface area (Å²) in [5.41, 5.74) is 0.210. The van der Waals surface area contributed by atoms with Crippen LogP contribution in [0.3, 0.4) is 0 Å². The lowest BCUT2D eigenvalue weighted by Crippen LogP contribution is -2.14. The molecular formula is C11H7Cl3N4O2. The fraction of sp³-hybridized carbons (Fsp3) is 0.0909. The predicted octanol–water partition coefficient (Wildman–Crippen LogP) is 3.09. The van der Waals surface area contributed by atoms with Gasteiger partial charge in [0.2, 0.25) is 11.8 Å². The monoisotopic (exact) mass is 332 g/mol. The van der Waals surface area contributed by atoms with Gasteiger partial charge in [0.15, 0.2) is 0 Å². The van der Waals surface area contributed by atoms with Crippen LogP contribution < -0.4 is 10.1 Å². The molecule has 2 aromatic rings. The van der Waals surface area contributed by atoms with Gasteiger partial charge in [-0.15, -0.1) is 0 Å². The van der Waals surface area contributed by atoms with Crippen molar-refractivity contribution in [2.24, 2.45) is 0 Å². The molecule has 0 saturated heterocycles. The molecule has 0 aliphatic rings. The van der Waals surface area contributed by atoms with E-state index in [1.807, 2.05) is 0 Å². The number of halogens is 3.